The summed E-state index contributed by atoms with van der Waals surface area (Å²) in [7, 11) is 0. The van der Waals surface area contributed by atoms with E-state index in [0.717, 1.165) is 30.8 Å². The van der Waals surface area contributed by atoms with Crippen LogP contribution in [0.4, 0.5) is 5.82 Å². The van der Waals surface area contributed by atoms with Crippen molar-refractivity contribution >= 4 is 27.6 Å². The van der Waals surface area contributed by atoms with E-state index in [2.05, 4.69) is 39.9 Å². The summed E-state index contributed by atoms with van der Waals surface area (Å²) in [5.41, 5.74) is 2.20. The van der Waals surface area contributed by atoms with E-state index < -0.39 is 0 Å². The van der Waals surface area contributed by atoms with Crippen molar-refractivity contribution in [2.24, 2.45) is 0 Å². The van der Waals surface area contributed by atoms with Gasteiger partial charge in [0.25, 0.3) is 0 Å². The van der Waals surface area contributed by atoms with Crippen LogP contribution >= 0.6 is 0 Å². The zero-order valence-corrected chi connectivity index (χ0v) is 10.6. The van der Waals surface area contributed by atoms with E-state index in [-0.39, 0.29) is 0 Å². The molecule has 1 aliphatic heterocycles. The molecule has 19 heavy (non-hydrogen) atoms. The molecule has 1 atom stereocenters. The molecule has 3 N–H and O–H groups in total. The van der Waals surface area contributed by atoms with E-state index in [9.17, 15) is 0 Å². The van der Waals surface area contributed by atoms with E-state index in [1.165, 1.54) is 16.3 Å². The van der Waals surface area contributed by atoms with Gasteiger partial charge < -0.3 is 15.6 Å². The summed E-state index contributed by atoms with van der Waals surface area (Å²) in [6.45, 7) is 2.10. The fourth-order valence-electron chi connectivity index (χ4n) is 2.83. The molecular formula is C15H16N4. The van der Waals surface area contributed by atoms with E-state index in [4.69, 9.17) is 4.98 Å². The molecule has 96 valence electrons. The van der Waals surface area contributed by atoms with Crippen LogP contribution in [0.1, 0.15) is 6.42 Å². The Kier molecular flexibility index (Phi) is 2.42. The summed E-state index contributed by atoms with van der Waals surface area (Å²) < 4.78 is 0. The Balaban J connectivity index is 1.89. The molecule has 2 aromatic heterocycles. The highest BCUT2D eigenvalue weighted by molar-refractivity contribution is 6.08. The van der Waals surface area contributed by atoms with Crippen molar-refractivity contribution < 1.29 is 0 Å². The molecule has 3 aromatic rings. The molecule has 4 rings (SSSR count). The molecule has 0 bridgehead atoms. The van der Waals surface area contributed by atoms with Crippen LogP contribution in [0.2, 0.25) is 0 Å². The number of hydrogen-bond acceptors (Lipinski definition) is 3. The minimum absolute atomic E-state index is 0.478. The van der Waals surface area contributed by atoms with Gasteiger partial charge in [-0.15, -0.1) is 0 Å². The Hall–Kier alpha value is -2.07. The molecule has 4 heteroatoms. The van der Waals surface area contributed by atoms with Crippen molar-refractivity contribution in [1.82, 2.24) is 15.3 Å². The molecule has 0 spiro atoms. The smallest absolute Gasteiger partial charge is 0.136 e. The quantitative estimate of drug-likeness (QED) is 0.657. The van der Waals surface area contributed by atoms with Crippen LogP contribution in [0, 0.1) is 0 Å². The van der Waals surface area contributed by atoms with Crippen LogP contribution in [-0.2, 0) is 0 Å². The molecule has 1 aromatic carbocycles. The largest absolute Gasteiger partial charge is 0.365 e. The first-order chi connectivity index (χ1) is 9.42. The second-order valence-electron chi connectivity index (χ2n) is 5.08. The average molecular weight is 252 g/mol. The molecule has 0 saturated carbocycles. The highest BCUT2D eigenvalue weighted by Gasteiger charge is 2.16. The monoisotopic (exact) mass is 252 g/mol. The summed E-state index contributed by atoms with van der Waals surface area (Å²) in [5, 5.41) is 9.29. The number of anilines is 1. The van der Waals surface area contributed by atoms with Gasteiger partial charge in [0.15, 0.2) is 0 Å². The second kappa shape index (κ2) is 4.24. The molecule has 0 aliphatic carbocycles. The Labute approximate surface area is 111 Å². The number of nitrogens with zero attached hydrogens (tertiary/aromatic N) is 1. The number of aromatic amines is 1. The second-order valence-corrected chi connectivity index (χ2v) is 5.08. The maximum absolute atomic E-state index is 4.78. The zero-order chi connectivity index (χ0) is 12.7. The molecule has 1 aliphatic rings. The van der Waals surface area contributed by atoms with Gasteiger partial charge in [-0.1, -0.05) is 18.2 Å². The Bertz CT molecular complexity index is 725. The highest BCUT2D eigenvalue weighted by Crippen LogP contribution is 2.28. The van der Waals surface area contributed by atoms with Gasteiger partial charge in [0.05, 0.1) is 11.0 Å². The van der Waals surface area contributed by atoms with Gasteiger partial charge in [-0.3, -0.25) is 0 Å². The molecule has 1 fully saturated rings. The molecule has 3 heterocycles. The summed E-state index contributed by atoms with van der Waals surface area (Å²) in [5.74, 6) is 0.989. The van der Waals surface area contributed by atoms with Gasteiger partial charge >= 0.3 is 0 Å². The normalized spacial score (nSPS) is 19.3. The van der Waals surface area contributed by atoms with Crippen molar-refractivity contribution in [2.45, 2.75) is 12.5 Å². The lowest BCUT2D eigenvalue weighted by molar-refractivity contribution is 0.790. The van der Waals surface area contributed by atoms with E-state index >= 15 is 0 Å². The number of hydrogen-bond donors (Lipinski definition) is 3. The predicted octanol–water partition coefficient (Wildman–Crippen LogP) is 2.49. The number of benzene rings is 1. The van der Waals surface area contributed by atoms with E-state index in [1.807, 2.05) is 12.3 Å². The topological polar surface area (TPSA) is 52.7 Å². The average Bonchev–Trinajstić information content (AvgIpc) is 3.09. The molecule has 1 saturated heterocycles. The van der Waals surface area contributed by atoms with Gasteiger partial charge in [0.1, 0.15) is 5.82 Å². The third-order valence-corrected chi connectivity index (χ3v) is 3.81. The summed E-state index contributed by atoms with van der Waals surface area (Å²) in [6.07, 6.45) is 3.14. The molecule has 4 nitrogen and oxygen atoms in total. The lowest BCUT2D eigenvalue weighted by atomic mass is 10.1. The highest BCUT2D eigenvalue weighted by atomic mass is 15.1. The van der Waals surface area contributed by atoms with Crippen LogP contribution in [0.5, 0.6) is 0 Å². The van der Waals surface area contributed by atoms with Gasteiger partial charge in [-0.05, 0) is 25.1 Å². The number of pyridine rings is 1. The molecule has 0 radical (unpaired) electrons. The third kappa shape index (κ3) is 1.76. The number of aromatic nitrogens is 2. The Morgan fingerprint density at radius 3 is 3.00 bits per heavy atom. The van der Waals surface area contributed by atoms with E-state index in [0.29, 0.717) is 6.04 Å². The molecule has 0 amide bonds. The number of H-pyrrole nitrogens is 1. The molecule has 0 unspecified atom stereocenters. The fraction of sp³-hybridized carbons (Fsp3) is 0.267. The maximum Gasteiger partial charge on any atom is 0.136 e. The van der Waals surface area contributed by atoms with Crippen molar-refractivity contribution in [3.63, 3.8) is 0 Å². The van der Waals surface area contributed by atoms with Crippen molar-refractivity contribution in [3.8, 4) is 0 Å². The lowest BCUT2D eigenvalue weighted by Gasteiger charge is -2.14. The fourth-order valence-corrected chi connectivity index (χ4v) is 2.83. The maximum atomic E-state index is 4.78. The standard InChI is InChI=1S/C15H16N4/c1-2-4-13-11(3-1)14-12(6-8-17-14)15(19-13)18-10-5-7-16-9-10/h1-4,6,8,10,16-17H,5,7,9H2,(H,18,19)/t10-/m0/s1. The Morgan fingerprint density at radius 1 is 1.16 bits per heavy atom. The van der Waals surface area contributed by atoms with Crippen molar-refractivity contribution in [3.05, 3.63) is 36.5 Å². The summed E-state index contributed by atoms with van der Waals surface area (Å²) >= 11 is 0. The van der Waals surface area contributed by atoms with Gasteiger partial charge in [0, 0.05) is 29.6 Å². The van der Waals surface area contributed by atoms with Crippen LogP contribution in [0.25, 0.3) is 21.8 Å². The van der Waals surface area contributed by atoms with Crippen molar-refractivity contribution in [2.75, 3.05) is 18.4 Å². The number of fused-ring (bicyclic) bond motifs is 3. The number of rotatable bonds is 2. The summed E-state index contributed by atoms with van der Waals surface area (Å²) in [6, 6.07) is 10.8. The number of nitrogens with one attached hydrogen (secondary N) is 3. The van der Waals surface area contributed by atoms with Crippen LogP contribution < -0.4 is 10.6 Å². The zero-order valence-electron chi connectivity index (χ0n) is 10.6. The van der Waals surface area contributed by atoms with Gasteiger partial charge in [-0.25, -0.2) is 4.98 Å². The van der Waals surface area contributed by atoms with Crippen LogP contribution in [0.3, 0.4) is 0 Å². The summed E-state index contributed by atoms with van der Waals surface area (Å²) in [4.78, 5) is 8.11. The van der Waals surface area contributed by atoms with Crippen molar-refractivity contribution in [1.29, 1.82) is 0 Å². The van der Waals surface area contributed by atoms with Crippen LogP contribution in [-0.4, -0.2) is 29.1 Å². The first kappa shape index (κ1) is 10.8. The van der Waals surface area contributed by atoms with Gasteiger partial charge in [-0.2, -0.15) is 0 Å². The minimum atomic E-state index is 0.478. The first-order valence-corrected chi connectivity index (χ1v) is 6.75. The number of para-hydroxylation sites is 1. The SMILES string of the molecule is c1ccc2c(c1)nc(N[C@H]1CCNC1)c1cc[nH]c12. The lowest BCUT2D eigenvalue weighted by Crippen LogP contribution is -2.22. The Morgan fingerprint density at radius 2 is 2.11 bits per heavy atom. The van der Waals surface area contributed by atoms with Gasteiger partial charge in [0.2, 0.25) is 0 Å². The third-order valence-electron chi connectivity index (χ3n) is 3.81. The van der Waals surface area contributed by atoms with E-state index in [1.54, 1.807) is 0 Å². The molecular weight excluding hydrogens is 236 g/mol. The predicted molar refractivity (Wildman–Crippen MR) is 78.5 cm³/mol. The first-order valence-electron chi connectivity index (χ1n) is 6.75. The van der Waals surface area contributed by atoms with Crippen LogP contribution in [0.15, 0.2) is 36.5 Å². The minimum Gasteiger partial charge on any atom is -0.365 e.